The molecule has 0 saturated heterocycles. The highest BCUT2D eigenvalue weighted by Gasteiger charge is 2.14. The van der Waals surface area contributed by atoms with E-state index in [0.29, 0.717) is 21.6 Å². The average Bonchev–Trinajstić information content (AvgIpc) is 3.17. The third kappa shape index (κ3) is 5.32. The van der Waals surface area contributed by atoms with Crippen LogP contribution in [0.15, 0.2) is 70.2 Å². The highest BCUT2D eigenvalue weighted by molar-refractivity contribution is 7.89. The first-order valence-corrected chi connectivity index (χ1v) is 10.6. The van der Waals surface area contributed by atoms with Gasteiger partial charge < -0.3 is 15.1 Å². The number of hydrogen-bond acceptors (Lipinski definition) is 4. The number of sulfonamides is 1. The maximum absolute atomic E-state index is 12.3. The number of hydrogen-bond donors (Lipinski definition) is 3. The van der Waals surface area contributed by atoms with Gasteiger partial charge in [-0.1, -0.05) is 17.7 Å². The lowest BCUT2D eigenvalue weighted by atomic mass is 10.2. The fourth-order valence-electron chi connectivity index (χ4n) is 2.34. The largest absolute Gasteiger partial charge is 0.468 e. The number of halogens is 1. The molecule has 0 saturated carbocycles. The van der Waals surface area contributed by atoms with Gasteiger partial charge >= 0.3 is 0 Å². The van der Waals surface area contributed by atoms with Gasteiger partial charge in [-0.3, -0.25) is 0 Å². The maximum atomic E-state index is 12.3. The number of nitrogens with one attached hydrogen (secondary N) is 3. The van der Waals surface area contributed by atoms with Crippen LogP contribution in [-0.4, -0.2) is 13.5 Å². The smallest absolute Gasteiger partial charge is 0.240 e. The van der Waals surface area contributed by atoms with Crippen LogP contribution in [0.3, 0.4) is 0 Å². The molecular weight excluding hydrogens is 418 g/mol. The van der Waals surface area contributed by atoms with E-state index in [0.717, 1.165) is 11.3 Å². The van der Waals surface area contributed by atoms with Crippen LogP contribution in [0.4, 0.5) is 11.4 Å². The highest BCUT2D eigenvalue weighted by Crippen LogP contribution is 2.20. The zero-order valence-electron chi connectivity index (χ0n) is 14.9. The second kappa shape index (κ2) is 8.74. The molecular formula is C19H18ClN3O3S2. The number of rotatable bonds is 6. The van der Waals surface area contributed by atoms with Gasteiger partial charge in [0.15, 0.2) is 5.11 Å². The average molecular weight is 436 g/mol. The monoisotopic (exact) mass is 435 g/mol. The number of aryl methyl sites for hydroxylation is 1. The van der Waals surface area contributed by atoms with Crippen LogP contribution in [0, 0.1) is 6.92 Å². The van der Waals surface area contributed by atoms with Crippen LogP contribution in [0.2, 0.25) is 5.02 Å². The Morgan fingerprint density at radius 3 is 2.39 bits per heavy atom. The summed E-state index contributed by atoms with van der Waals surface area (Å²) in [6, 6.07) is 15.2. The molecule has 2 aromatic carbocycles. The minimum atomic E-state index is -3.64. The van der Waals surface area contributed by atoms with E-state index < -0.39 is 10.0 Å². The lowest BCUT2D eigenvalue weighted by Crippen LogP contribution is -2.23. The maximum Gasteiger partial charge on any atom is 0.240 e. The van der Waals surface area contributed by atoms with Crippen LogP contribution in [0.1, 0.15) is 11.3 Å². The van der Waals surface area contributed by atoms with E-state index in [2.05, 4.69) is 15.4 Å². The molecule has 1 aromatic heterocycles. The van der Waals surface area contributed by atoms with Gasteiger partial charge in [-0.15, -0.1) is 0 Å². The minimum Gasteiger partial charge on any atom is -0.468 e. The summed E-state index contributed by atoms with van der Waals surface area (Å²) in [7, 11) is -3.64. The van der Waals surface area contributed by atoms with E-state index in [9.17, 15) is 8.42 Å². The summed E-state index contributed by atoms with van der Waals surface area (Å²) in [6.45, 7) is 2.00. The Bertz CT molecular complexity index is 1070. The molecule has 0 amide bonds. The summed E-state index contributed by atoms with van der Waals surface area (Å²) in [5.41, 5.74) is 2.39. The van der Waals surface area contributed by atoms with Crippen molar-refractivity contribution in [3.8, 4) is 0 Å². The molecule has 146 valence electrons. The van der Waals surface area contributed by atoms with Crippen LogP contribution in [0.25, 0.3) is 0 Å². The van der Waals surface area contributed by atoms with Crippen molar-refractivity contribution < 1.29 is 12.8 Å². The Morgan fingerprint density at radius 1 is 1.07 bits per heavy atom. The van der Waals surface area contributed by atoms with E-state index in [1.54, 1.807) is 30.3 Å². The van der Waals surface area contributed by atoms with Crippen molar-refractivity contribution in [1.29, 1.82) is 0 Å². The van der Waals surface area contributed by atoms with E-state index in [-0.39, 0.29) is 11.4 Å². The van der Waals surface area contributed by atoms with Gasteiger partial charge in [-0.05, 0) is 73.2 Å². The first kappa shape index (κ1) is 20.3. The summed E-state index contributed by atoms with van der Waals surface area (Å²) in [5, 5.41) is 7.05. The van der Waals surface area contributed by atoms with Gasteiger partial charge in [0.05, 0.1) is 17.7 Å². The quantitative estimate of drug-likeness (QED) is 0.493. The highest BCUT2D eigenvalue weighted by atomic mass is 35.5. The number of furan rings is 1. The van der Waals surface area contributed by atoms with Gasteiger partial charge in [0.25, 0.3) is 0 Å². The lowest BCUT2D eigenvalue weighted by molar-refractivity contribution is 0.498. The molecule has 0 radical (unpaired) electrons. The van der Waals surface area contributed by atoms with Crippen LogP contribution in [0.5, 0.6) is 0 Å². The zero-order valence-corrected chi connectivity index (χ0v) is 17.3. The number of anilines is 2. The first-order valence-electron chi connectivity index (χ1n) is 8.30. The molecule has 6 nitrogen and oxygen atoms in total. The lowest BCUT2D eigenvalue weighted by Gasteiger charge is -2.12. The Kier molecular flexibility index (Phi) is 6.35. The second-order valence-corrected chi connectivity index (χ2v) is 8.55. The molecule has 0 fully saturated rings. The Labute approximate surface area is 174 Å². The van der Waals surface area contributed by atoms with Crippen molar-refractivity contribution in [2.24, 2.45) is 0 Å². The standard InChI is InChI=1S/C19H18ClN3O3S2/c1-13-4-5-15(11-18(13)20)23-19(27)22-14-6-8-17(9-7-14)28(24,25)21-12-16-3-2-10-26-16/h2-11,21H,12H2,1H3,(H2,22,23,27). The van der Waals surface area contributed by atoms with Crippen molar-refractivity contribution in [2.45, 2.75) is 18.4 Å². The molecule has 0 atom stereocenters. The molecule has 0 aliphatic rings. The molecule has 0 bridgehead atoms. The summed E-state index contributed by atoms with van der Waals surface area (Å²) in [5.74, 6) is 0.537. The first-order chi connectivity index (χ1) is 13.3. The molecule has 3 N–H and O–H groups in total. The topological polar surface area (TPSA) is 83.4 Å². The normalized spacial score (nSPS) is 11.2. The minimum absolute atomic E-state index is 0.0858. The Morgan fingerprint density at radius 2 is 1.75 bits per heavy atom. The van der Waals surface area contributed by atoms with E-state index in [1.807, 2.05) is 19.1 Å². The van der Waals surface area contributed by atoms with Gasteiger partial charge in [0.1, 0.15) is 5.76 Å². The third-order valence-corrected chi connectivity index (χ3v) is 5.90. The van der Waals surface area contributed by atoms with Crippen molar-refractivity contribution in [3.63, 3.8) is 0 Å². The summed E-state index contributed by atoms with van der Waals surface area (Å²) >= 11 is 11.4. The fraction of sp³-hybridized carbons (Fsp3) is 0.105. The predicted molar refractivity (Wildman–Crippen MR) is 115 cm³/mol. The van der Waals surface area contributed by atoms with Crippen LogP contribution in [-0.2, 0) is 16.6 Å². The fourth-order valence-corrected chi connectivity index (χ4v) is 3.75. The molecule has 0 aliphatic heterocycles. The number of thiocarbonyl (C=S) groups is 1. The zero-order chi connectivity index (χ0) is 20.1. The number of benzene rings is 2. The van der Waals surface area contributed by atoms with Gasteiger partial charge in [-0.2, -0.15) is 0 Å². The van der Waals surface area contributed by atoms with Crippen molar-refractivity contribution >= 4 is 50.3 Å². The molecule has 0 aliphatic carbocycles. The molecule has 3 aromatic rings. The van der Waals surface area contributed by atoms with Crippen molar-refractivity contribution in [1.82, 2.24) is 4.72 Å². The Balaban J connectivity index is 1.60. The molecule has 3 rings (SSSR count). The SMILES string of the molecule is Cc1ccc(NC(=S)Nc2ccc(S(=O)(=O)NCc3ccco3)cc2)cc1Cl. The summed E-state index contributed by atoms with van der Waals surface area (Å²) < 4.78 is 32.3. The second-order valence-electron chi connectivity index (χ2n) is 5.97. The van der Waals surface area contributed by atoms with Gasteiger partial charge in [0, 0.05) is 16.4 Å². The molecule has 28 heavy (non-hydrogen) atoms. The molecule has 1 heterocycles. The van der Waals surface area contributed by atoms with Gasteiger partial charge in [0.2, 0.25) is 10.0 Å². The van der Waals surface area contributed by atoms with Crippen LogP contribution < -0.4 is 15.4 Å². The van der Waals surface area contributed by atoms with E-state index in [1.165, 1.54) is 18.4 Å². The predicted octanol–water partition coefficient (Wildman–Crippen LogP) is 4.53. The Hall–Kier alpha value is -2.39. The molecule has 9 heteroatoms. The third-order valence-electron chi connectivity index (χ3n) is 3.87. The molecule has 0 spiro atoms. The van der Waals surface area contributed by atoms with Crippen LogP contribution >= 0.6 is 23.8 Å². The van der Waals surface area contributed by atoms with Crippen molar-refractivity contribution in [2.75, 3.05) is 10.6 Å². The molecule has 0 unspecified atom stereocenters. The van der Waals surface area contributed by atoms with Crippen molar-refractivity contribution in [3.05, 3.63) is 77.2 Å². The van der Waals surface area contributed by atoms with E-state index >= 15 is 0 Å². The summed E-state index contributed by atoms with van der Waals surface area (Å²) in [4.78, 5) is 0.147. The van der Waals surface area contributed by atoms with E-state index in [4.69, 9.17) is 28.2 Å². The summed E-state index contributed by atoms with van der Waals surface area (Å²) in [6.07, 6.45) is 1.49. The van der Waals surface area contributed by atoms with Gasteiger partial charge in [-0.25, -0.2) is 13.1 Å².